The molecule has 1 aromatic heterocycles. The van der Waals surface area contributed by atoms with Crippen LogP contribution in [-0.2, 0) is 34.5 Å². The number of hydrogen-bond acceptors (Lipinski definition) is 5. The summed E-state index contributed by atoms with van der Waals surface area (Å²) in [6.07, 6.45) is 3.16. The molecule has 2 heterocycles. The second kappa shape index (κ2) is 12.4. The van der Waals surface area contributed by atoms with Crippen molar-refractivity contribution in [2.24, 2.45) is 0 Å². The number of fused-ring (bicyclic) bond motifs is 1. The average molecular weight is 650 g/mol. The maximum absolute atomic E-state index is 14.7. The molecule has 1 aliphatic heterocycles. The van der Waals surface area contributed by atoms with Crippen LogP contribution in [0.3, 0.4) is 0 Å². The van der Waals surface area contributed by atoms with E-state index in [2.05, 4.69) is 4.98 Å². The van der Waals surface area contributed by atoms with E-state index in [0.717, 1.165) is 10.4 Å². The van der Waals surface area contributed by atoms with Crippen LogP contribution in [0.5, 0.6) is 0 Å². The molecule has 0 aliphatic carbocycles. The van der Waals surface area contributed by atoms with Crippen LogP contribution in [0, 0.1) is 23.3 Å². The first-order chi connectivity index (χ1) is 21.6. The van der Waals surface area contributed by atoms with Crippen molar-refractivity contribution < 1.29 is 30.8 Å². The van der Waals surface area contributed by atoms with E-state index in [-0.39, 0.29) is 29.1 Å². The minimum atomic E-state index is -4.37. The minimum absolute atomic E-state index is 0.0618. The Morgan fingerprint density at radius 3 is 2.11 bits per heavy atom. The fourth-order valence-corrected chi connectivity index (χ4v) is 7.00. The van der Waals surface area contributed by atoms with E-state index in [1.54, 1.807) is 29.8 Å². The van der Waals surface area contributed by atoms with E-state index in [1.165, 1.54) is 76.9 Å². The Labute approximate surface area is 260 Å². The fraction of sp³-hybridized carbons (Fsp3) is 0.0909. The van der Waals surface area contributed by atoms with Crippen molar-refractivity contribution in [3.63, 3.8) is 0 Å². The van der Waals surface area contributed by atoms with Crippen LogP contribution in [0.2, 0.25) is 0 Å². The van der Waals surface area contributed by atoms with Gasteiger partial charge in [0.2, 0.25) is 10.0 Å². The number of anilines is 1. The lowest BCUT2D eigenvalue weighted by Gasteiger charge is -2.23. The molecule has 0 radical (unpaired) electrons. The summed E-state index contributed by atoms with van der Waals surface area (Å²) in [6.45, 7) is -0.581. The van der Waals surface area contributed by atoms with E-state index in [4.69, 9.17) is 0 Å². The third-order valence-corrected chi connectivity index (χ3v) is 9.78. The SMILES string of the molecule is O=C1/C(=C/c2nccs2)c2cc(S(=O)(=O)N(Cc3ccc(F)cc3)Cc3ccc(F)cc3F)ccc2N1Cc1ccc(F)cc1. The molecule has 0 unspecified atom stereocenters. The molecule has 1 aliphatic rings. The quantitative estimate of drug-likeness (QED) is 0.125. The molecule has 5 aromatic rings. The van der Waals surface area contributed by atoms with Crippen LogP contribution < -0.4 is 4.90 Å². The molecule has 0 saturated heterocycles. The number of carbonyl (C=O) groups excluding carboxylic acids is 1. The van der Waals surface area contributed by atoms with Gasteiger partial charge in [0.15, 0.2) is 0 Å². The average Bonchev–Trinajstić information content (AvgIpc) is 3.62. The number of carbonyl (C=O) groups is 1. The number of thiazole rings is 1. The van der Waals surface area contributed by atoms with Gasteiger partial charge in [-0.15, -0.1) is 11.3 Å². The highest BCUT2D eigenvalue weighted by Crippen LogP contribution is 2.41. The zero-order chi connectivity index (χ0) is 31.7. The molecule has 45 heavy (non-hydrogen) atoms. The van der Waals surface area contributed by atoms with Gasteiger partial charge in [0.25, 0.3) is 5.91 Å². The molecule has 6 rings (SSSR count). The smallest absolute Gasteiger partial charge is 0.259 e. The van der Waals surface area contributed by atoms with Crippen molar-refractivity contribution in [3.8, 4) is 0 Å². The zero-order valence-electron chi connectivity index (χ0n) is 23.3. The number of sulfonamides is 1. The Bertz CT molecular complexity index is 2020. The van der Waals surface area contributed by atoms with Crippen LogP contribution in [0.1, 0.15) is 27.3 Å². The fourth-order valence-electron chi connectivity index (χ4n) is 5.00. The van der Waals surface area contributed by atoms with E-state index >= 15 is 0 Å². The molecule has 228 valence electrons. The highest BCUT2D eigenvalue weighted by molar-refractivity contribution is 7.89. The number of amides is 1. The summed E-state index contributed by atoms with van der Waals surface area (Å²) in [4.78, 5) is 19.3. The molecule has 0 spiro atoms. The van der Waals surface area contributed by atoms with Gasteiger partial charge in [-0.25, -0.2) is 31.0 Å². The molecular formula is C33H23F4N3O3S2. The molecule has 6 nitrogen and oxygen atoms in total. The topological polar surface area (TPSA) is 70.6 Å². The van der Waals surface area contributed by atoms with E-state index in [9.17, 15) is 30.8 Å². The van der Waals surface area contributed by atoms with Gasteiger partial charge in [0.05, 0.1) is 22.7 Å². The van der Waals surface area contributed by atoms with Crippen LogP contribution in [0.4, 0.5) is 23.2 Å². The molecule has 0 bridgehead atoms. The number of aromatic nitrogens is 1. The summed E-state index contributed by atoms with van der Waals surface area (Å²) >= 11 is 1.30. The van der Waals surface area contributed by atoms with Crippen LogP contribution in [0.15, 0.2) is 101 Å². The normalized spacial score (nSPS) is 14.0. The Kier molecular flexibility index (Phi) is 8.36. The third-order valence-electron chi connectivity index (χ3n) is 7.27. The van der Waals surface area contributed by atoms with Crippen LogP contribution in [-0.4, -0.2) is 23.6 Å². The highest BCUT2D eigenvalue weighted by Gasteiger charge is 2.35. The van der Waals surface area contributed by atoms with Crippen molar-refractivity contribution in [1.82, 2.24) is 9.29 Å². The standard InChI is InChI=1S/C33H23F4N3O3S2/c34-24-6-1-21(2-7-24)18-39(20-23-5-10-26(36)15-30(23)37)45(42,43)27-11-12-31-28(16-27)29(17-32-38-13-14-44-32)33(41)40(31)19-22-3-8-25(35)9-4-22/h1-17H,18-20H2/b29-17+. The van der Waals surface area contributed by atoms with Crippen molar-refractivity contribution in [3.05, 3.63) is 147 Å². The maximum atomic E-state index is 14.7. The zero-order valence-corrected chi connectivity index (χ0v) is 25.0. The van der Waals surface area contributed by atoms with Gasteiger partial charge in [-0.1, -0.05) is 30.3 Å². The first kappa shape index (κ1) is 30.4. The number of halogens is 4. The third kappa shape index (κ3) is 6.44. The summed E-state index contributed by atoms with van der Waals surface area (Å²) in [7, 11) is -4.37. The Morgan fingerprint density at radius 1 is 0.800 bits per heavy atom. The first-order valence-corrected chi connectivity index (χ1v) is 15.9. The Balaban J connectivity index is 1.42. The van der Waals surface area contributed by atoms with Crippen molar-refractivity contribution >= 4 is 44.6 Å². The molecule has 0 fully saturated rings. The molecule has 4 aromatic carbocycles. The first-order valence-electron chi connectivity index (χ1n) is 13.6. The van der Waals surface area contributed by atoms with E-state index in [0.29, 0.717) is 33.5 Å². The minimum Gasteiger partial charge on any atom is -0.303 e. The van der Waals surface area contributed by atoms with Crippen molar-refractivity contribution in [2.45, 2.75) is 24.5 Å². The van der Waals surface area contributed by atoms with Gasteiger partial charge in [-0.05, 0) is 65.7 Å². The lowest BCUT2D eigenvalue weighted by molar-refractivity contribution is -0.113. The lowest BCUT2D eigenvalue weighted by Crippen LogP contribution is -2.30. The second-order valence-electron chi connectivity index (χ2n) is 10.3. The van der Waals surface area contributed by atoms with Gasteiger partial charge in [0.1, 0.15) is 28.3 Å². The molecule has 0 N–H and O–H groups in total. The number of nitrogens with zero attached hydrogens (tertiary/aromatic N) is 3. The van der Waals surface area contributed by atoms with Gasteiger partial charge >= 0.3 is 0 Å². The van der Waals surface area contributed by atoms with Crippen molar-refractivity contribution in [2.75, 3.05) is 4.90 Å². The molecule has 1 amide bonds. The molecule has 12 heteroatoms. The number of hydrogen-bond donors (Lipinski definition) is 0. The summed E-state index contributed by atoms with van der Waals surface area (Å²) in [5.41, 5.74) is 2.04. The summed E-state index contributed by atoms with van der Waals surface area (Å²) in [5, 5.41) is 2.28. The predicted molar refractivity (Wildman–Crippen MR) is 163 cm³/mol. The summed E-state index contributed by atoms with van der Waals surface area (Å²) in [6, 6.07) is 18.0. The van der Waals surface area contributed by atoms with Gasteiger partial charge in [-0.2, -0.15) is 4.31 Å². The van der Waals surface area contributed by atoms with E-state index < -0.39 is 45.7 Å². The van der Waals surface area contributed by atoms with Gasteiger partial charge < -0.3 is 4.90 Å². The van der Waals surface area contributed by atoms with Crippen LogP contribution in [0.25, 0.3) is 11.6 Å². The monoisotopic (exact) mass is 649 g/mol. The second-order valence-corrected chi connectivity index (χ2v) is 13.1. The maximum Gasteiger partial charge on any atom is 0.259 e. The van der Waals surface area contributed by atoms with E-state index in [1.807, 2.05) is 0 Å². The molecular weight excluding hydrogens is 627 g/mol. The van der Waals surface area contributed by atoms with Gasteiger partial charge in [0, 0.05) is 41.9 Å². The predicted octanol–water partition coefficient (Wildman–Crippen LogP) is 7.18. The Hall–Kier alpha value is -4.65. The number of rotatable bonds is 9. The summed E-state index contributed by atoms with van der Waals surface area (Å²) < 4.78 is 84.8. The highest BCUT2D eigenvalue weighted by atomic mass is 32.2. The molecule has 0 saturated carbocycles. The summed E-state index contributed by atoms with van der Waals surface area (Å²) in [5.74, 6) is -3.05. The van der Waals surface area contributed by atoms with Gasteiger partial charge in [-0.3, -0.25) is 4.79 Å². The number of benzene rings is 4. The van der Waals surface area contributed by atoms with Crippen molar-refractivity contribution in [1.29, 1.82) is 0 Å². The van der Waals surface area contributed by atoms with Crippen LogP contribution >= 0.6 is 11.3 Å². The lowest BCUT2D eigenvalue weighted by atomic mass is 10.1. The Morgan fingerprint density at radius 2 is 1.47 bits per heavy atom. The molecule has 0 atom stereocenters. The largest absolute Gasteiger partial charge is 0.303 e.